The minimum absolute atomic E-state index is 0.0589. The van der Waals surface area contributed by atoms with Gasteiger partial charge in [0.15, 0.2) is 5.17 Å². The lowest BCUT2D eigenvalue weighted by Gasteiger charge is -2.15. The number of hydrogen-bond donors (Lipinski definition) is 0. The van der Waals surface area contributed by atoms with Crippen molar-refractivity contribution in [3.8, 4) is 5.75 Å². The summed E-state index contributed by atoms with van der Waals surface area (Å²) in [5.41, 5.74) is 1.74. The van der Waals surface area contributed by atoms with Gasteiger partial charge in [-0.15, -0.1) is 0 Å². The van der Waals surface area contributed by atoms with Gasteiger partial charge in [0.1, 0.15) is 12.4 Å². The van der Waals surface area contributed by atoms with Crippen LogP contribution in [0.5, 0.6) is 5.75 Å². The quantitative estimate of drug-likeness (QED) is 0.337. The van der Waals surface area contributed by atoms with Crippen LogP contribution < -0.4 is 4.74 Å². The van der Waals surface area contributed by atoms with Gasteiger partial charge >= 0.3 is 0 Å². The second-order valence-corrected chi connectivity index (χ2v) is 7.17. The summed E-state index contributed by atoms with van der Waals surface area (Å²) in [6.45, 7) is 7.60. The molecule has 0 bridgehead atoms. The third-order valence-corrected chi connectivity index (χ3v) is 5.08. The van der Waals surface area contributed by atoms with Crippen LogP contribution in [0.1, 0.15) is 12.5 Å². The summed E-state index contributed by atoms with van der Waals surface area (Å²) in [6, 6.07) is 17.3. The molecule has 6 heteroatoms. The Morgan fingerprint density at radius 2 is 1.90 bits per heavy atom. The fraction of sp³-hybridized carbons (Fsp3) is 0.217. The van der Waals surface area contributed by atoms with Crippen molar-refractivity contribution in [1.29, 1.82) is 0 Å². The van der Waals surface area contributed by atoms with Crippen LogP contribution in [0.4, 0.5) is 5.69 Å². The number of thioether (sulfide) groups is 1. The Balaban J connectivity index is 1.81. The molecule has 2 aromatic rings. The highest BCUT2D eigenvalue weighted by Crippen LogP contribution is 2.34. The maximum absolute atomic E-state index is 13.0. The van der Waals surface area contributed by atoms with E-state index in [2.05, 4.69) is 11.6 Å². The van der Waals surface area contributed by atoms with E-state index in [1.165, 1.54) is 11.8 Å². The number of ether oxygens (including phenoxy) is 2. The van der Waals surface area contributed by atoms with Gasteiger partial charge in [0.2, 0.25) is 0 Å². The first-order valence-corrected chi connectivity index (χ1v) is 10.3. The van der Waals surface area contributed by atoms with Crippen molar-refractivity contribution in [1.82, 2.24) is 4.90 Å². The molecule has 5 nitrogen and oxygen atoms in total. The third kappa shape index (κ3) is 5.82. The zero-order valence-corrected chi connectivity index (χ0v) is 17.2. The molecule has 0 spiro atoms. The topological polar surface area (TPSA) is 51.1 Å². The summed E-state index contributed by atoms with van der Waals surface area (Å²) >= 11 is 1.38. The molecule has 0 aliphatic carbocycles. The number of amides is 1. The Morgan fingerprint density at radius 3 is 2.59 bits per heavy atom. The monoisotopic (exact) mass is 408 g/mol. The largest absolute Gasteiger partial charge is 0.490 e. The van der Waals surface area contributed by atoms with Crippen molar-refractivity contribution in [2.24, 2.45) is 4.99 Å². The molecule has 1 aliphatic rings. The van der Waals surface area contributed by atoms with Gasteiger partial charge in [-0.1, -0.05) is 43.0 Å². The molecular formula is C23H24N2O3S. The van der Waals surface area contributed by atoms with Crippen molar-refractivity contribution in [3.05, 3.63) is 77.7 Å². The van der Waals surface area contributed by atoms with Crippen molar-refractivity contribution in [2.75, 3.05) is 26.4 Å². The van der Waals surface area contributed by atoms with E-state index in [-0.39, 0.29) is 5.91 Å². The second-order valence-electron chi connectivity index (χ2n) is 6.16. The van der Waals surface area contributed by atoms with Crippen LogP contribution in [-0.2, 0) is 9.53 Å². The van der Waals surface area contributed by atoms with E-state index in [4.69, 9.17) is 9.47 Å². The van der Waals surface area contributed by atoms with E-state index in [1.54, 1.807) is 11.0 Å². The third-order valence-electron chi connectivity index (χ3n) is 4.08. The van der Waals surface area contributed by atoms with Crippen molar-refractivity contribution in [3.63, 3.8) is 0 Å². The lowest BCUT2D eigenvalue weighted by atomic mass is 10.2. The SMILES string of the molecule is C=CCOc1ccc(/C=C2\SC(=Nc3ccccc3)N(CCOCC)C2=O)cc1. The fourth-order valence-corrected chi connectivity index (χ4v) is 3.69. The molecule has 29 heavy (non-hydrogen) atoms. The molecule has 3 rings (SSSR count). The maximum atomic E-state index is 13.0. The van der Waals surface area contributed by atoms with Crippen LogP contribution in [0.3, 0.4) is 0 Å². The molecule has 1 aliphatic heterocycles. The number of carbonyl (C=O) groups excluding carboxylic acids is 1. The first kappa shape index (κ1) is 20.9. The minimum atomic E-state index is -0.0589. The Hall–Kier alpha value is -2.83. The number of amidine groups is 1. The van der Waals surface area contributed by atoms with Crippen LogP contribution in [0.2, 0.25) is 0 Å². The summed E-state index contributed by atoms with van der Waals surface area (Å²) in [5.74, 6) is 0.707. The lowest BCUT2D eigenvalue weighted by molar-refractivity contribution is -0.122. The summed E-state index contributed by atoms with van der Waals surface area (Å²) in [5, 5.41) is 0.665. The lowest BCUT2D eigenvalue weighted by Crippen LogP contribution is -2.32. The van der Waals surface area contributed by atoms with Crippen LogP contribution in [0, 0.1) is 0 Å². The van der Waals surface area contributed by atoms with E-state index < -0.39 is 0 Å². The van der Waals surface area contributed by atoms with Crippen LogP contribution in [0.15, 0.2) is 77.1 Å². The van der Waals surface area contributed by atoms with Crippen LogP contribution >= 0.6 is 11.8 Å². The van der Waals surface area contributed by atoms with E-state index in [0.717, 1.165) is 17.0 Å². The number of benzene rings is 2. The number of aliphatic imine (C=N–C) groups is 1. The standard InChI is InChI=1S/C23H24N2O3S/c1-3-15-28-20-12-10-18(11-13-20)17-21-22(26)25(14-16-27-4-2)23(29-21)24-19-8-6-5-7-9-19/h3,5-13,17H,1,4,14-16H2,2H3/b21-17-,24-23?. The van der Waals surface area contributed by atoms with Crippen LogP contribution in [0.25, 0.3) is 6.08 Å². The van der Waals surface area contributed by atoms with Gasteiger partial charge in [-0.2, -0.15) is 0 Å². The average molecular weight is 409 g/mol. The van der Waals surface area contributed by atoms with Gasteiger partial charge in [-0.3, -0.25) is 9.69 Å². The molecule has 0 atom stereocenters. The summed E-state index contributed by atoms with van der Waals surface area (Å²) in [6.07, 6.45) is 3.58. The number of para-hydroxylation sites is 1. The zero-order chi connectivity index (χ0) is 20.5. The van der Waals surface area contributed by atoms with Gasteiger partial charge in [0.05, 0.1) is 23.7 Å². The predicted octanol–water partition coefficient (Wildman–Crippen LogP) is 4.89. The van der Waals surface area contributed by atoms with Gasteiger partial charge in [-0.05, 0) is 54.6 Å². The molecule has 0 unspecified atom stereocenters. The summed E-state index contributed by atoms with van der Waals surface area (Å²) in [7, 11) is 0. The molecule has 0 aromatic heterocycles. The first-order chi connectivity index (χ1) is 14.2. The molecule has 1 heterocycles. The number of hydrogen-bond acceptors (Lipinski definition) is 5. The van der Waals surface area contributed by atoms with E-state index in [0.29, 0.717) is 36.4 Å². The minimum Gasteiger partial charge on any atom is -0.490 e. The summed E-state index contributed by atoms with van der Waals surface area (Å²) in [4.78, 5) is 20.0. The maximum Gasteiger partial charge on any atom is 0.266 e. The zero-order valence-electron chi connectivity index (χ0n) is 16.4. The first-order valence-electron chi connectivity index (χ1n) is 9.48. The highest BCUT2D eigenvalue weighted by Gasteiger charge is 2.33. The molecule has 0 saturated carbocycles. The molecule has 1 fully saturated rings. The van der Waals surface area contributed by atoms with E-state index in [1.807, 2.05) is 67.6 Å². The Morgan fingerprint density at radius 1 is 1.14 bits per heavy atom. The highest BCUT2D eigenvalue weighted by atomic mass is 32.2. The van der Waals surface area contributed by atoms with Crippen molar-refractivity contribution in [2.45, 2.75) is 6.92 Å². The van der Waals surface area contributed by atoms with Crippen molar-refractivity contribution < 1.29 is 14.3 Å². The summed E-state index contributed by atoms with van der Waals surface area (Å²) < 4.78 is 10.9. The molecule has 0 N–H and O–H groups in total. The van der Waals surface area contributed by atoms with Crippen molar-refractivity contribution >= 4 is 34.6 Å². The Kier molecular flexibility index (Phi) is 7.67. The number of nitrogens with zero attached hydrogens (tertiary/aromatic N) is 2. The van der Waals surface area contributed by atoms with Gasteiger partial charge < -0.3 is 9.47 Å². The van der Waals surface area contributed by atoms with E-state index >= 15 is 0 Å². The number of rotatable bonds is 9. The highest BCUT2D eigenvalue weighted by molar-refractivity contribution is 8.18. The average Bonchev–Trinajstić information content (AvgIpc) is 3.03. The Bertz CT molecular complexity index is 892. The molecule has 1 amide bonds. The molecule has 0 radical (unpaired) electrons. The normalized spacial score (nSPS) is 16.6. The van der Waals surface area contributed by atoms with Gasteiger partial charge in [0, 0.05) is 6.61 Å². The smallest absolute Gasteiger partial charge is 0.266 e. The molecule has 150 valence electrons. The molecule has 1 saturated heterocycles. The molecule has 2 aromatic carbocycles. The van der Waals surface area contributed by atoms with Crippen LogP contribution in [-0.4, -0.2) is 42.3 Å². The number of carbonyl (C=O) groups is 1. The second kappa shape index (κ2) is 10.6. The Labute approximate surface area is 175 Å². The molecular weight excluding hydrogens is 384 g/mol. The fourth-order valence-electron chi connectivity index (χ4n) is 2.67. The van der Waals surface area contributed by atoms with E-state index in [9.17, 15) is 4.79 Å². The van der Waals surface area contributed by atoms with Gasteiger partial charge in [-0.25, -0.2) is 4.99 Å². The predicted molar refractivity (Wildman–Crippen MR) is 119 cm³/mol. The van der Waals surface area contributed by atoms with Gasteiger partial charge in [0.25, 0.3) is 5.91 Å².